The molecule has 1 aromatic heterocycles. The fourth-order valence-corrected chi connectivity index (χ4v) is 1.97. The molecular formula is C12H18N2O2S. The van der Waals surface area contributed by atoms with Crippen LogP contribution in [0, 0.1) is 0 Å². The molecule has 4 nitrogen and oxygen atoms in total. The molecule has 5 heteroatoms. The van der Waals surface area contributed by atoms with Gasteiger partial charge in [0, 0.05) is 12.7 Å². The van der Waals surface area contributed by atoms with Crippen LogP contribution in [0.1, 0.15) is 29.6 Å². The zero-order chi connectivity index (χ0) is 12.5. The lowest BCUT2D eigenvalue weighted by Gasteiger charge is -2.07. The highest BCUT2D eigenvalue weighted by molar-refractivity contribution is 7.98. The Morgan fingerprint density at radius 3 is 3.00 bits per heavy atom. The van der Waals surface area contributed by atoms with Crippen LogP contribution in [0.3, 0.4) is 0 Å². The van der Waals surface area contributed by atoms with Gasteiger partial charge in [-0.2, -0.15) is 11.8 Å². The number of aromatic nitrogens is 1. The normalized spacial score (nSPS) is 10.2. The van der Waals surface area contributed by atoms with Gasteiger partial charge in [-0.1, -0.05) is 6.42 Å². The second-order valence-corrected chi connectivity index (χ2v) is 4.67. The molecule has 0 fully saturated rings. The minimum atomic E-state index is -0.942. The van der Waals surface area contributed by atoms with E-state index in [2.05, 4.69) is 16.6 Å². The lowest BCUT2D eigenvalue weighted by molar-refractivity contribution is 0.0697. The summed E-state index contributed by atoms with van der Waals surface area (Å²) in [7, 11) is 0. The maximum absolute atomic E-state index is 10.9. The van der Waals surface area contributed by atoms with Crippen LogP contribution >= 0.6 is 11.8 Å². The SMILES string of the molecule is CSCCCCCNc1ncccc1C(=O)O. The fraction of sp³-hybridized carbons (Fsp3) is 0.500. The first-order valence-electron chi connectivity index (χ1n) is 5.67. The van der Waals surface area contributed by atoms with E-state index in [0.717, 1.165) is 19.4 Å². The number of anilines is 1. The van der Waals surface area contributed by atoms with Gasteiger partial charge in [0.1, 0.15) is 11.4 Å². The number of carboxylic acids is 1. The molecule has 0 saturated carbocycles. The maximum atomic E-state index is 10.9. The summed E-state index contributed by atoms with van der Waals surface area (Å²) in [4.78, 5) is 15.0. The lowest BCUT2D eigenvalue weighted by Crippen LogP contribution is -2.09. The van der Waals surface area contributed by atoms with E-state index in [1.54, 1.807) is 18.3 Å². The molecule has 0 unspecified atom stereocenters. The van der Waals surface area contributed by atoms with Crippen LogP contribution in [0.25, 0.3) is 0 Å². The number of nitrogens with zero attached hydrogens (tertiary/aromatic N) is 1. The van der Waals surface area contributed by atoms with E-state index in [9.17, 15) is 4.79 Å². The predicted octanol–water partition coefficient (Wildman–Crippen LogP) is 2.73. The molecule has 17 heavy (non-hydrogen) atoms. The van der Waals surface area contributed by atoms with Gasteiger partial charge in [-0.25, -0.2) is 9.78 Å². The predicted molar refractivity (Wildman–Crippen MR) is 71.9 cm³/mol. The molecule has 1 rings (SSSR count). The largest absolute Gasteiger partial charge is 0.478 e. The molecule has 0 radical (unpaired) electrons. The van der Waals surface area contributed by atoms with Crippen molar-refractivity contribution in [2.45, 2.75) is 19.3 Å². The van der Waals surface area contributed by atoms with Crippen LogP contribution in [0.15, 0.2) is 18.3 Å². The summed E-state index contributed by atoms with van der Waals surface area (Å²) in [5.74, 6) is 0.706. The van der Waals surface area contributed by atoms with E-state index in [0.29, 0.717) is 5.82 Å². The summed E-state index contributed by atoms with van der Waals surface area (Å²) in [6, 6.07) is 3.19. The van der Waals surface area contributed by atoms with E-state index in [1.165, 1.54) is 12.2 Å². The standard InChI is InChI=1S/C12H18N2O2S/c1-17-9-4-2-3-7-13-11-10(12(15)16)6-5-8-14-11/h5-6,8H,2-4,7,9H2,1H3,(H,13,14)(H,15,16). The highest BCUT2D eigenvalue weighted by Crippen LogP contribution is 2.11. The van der Waals surface area contributed by atoms with Gasteiger partial charge in [0.2, 0.25) is 0 Å². The molecule has 0 aliphatic carbocycles. The molecule has 0 aliphatic heterocycles. The molecule has 0 bridgehead atoms. The molecule has 0 spiro atoms. The van der Waals surface area contributed by atoms with E-state index in [1.807, 2.05) is 11.8 Å². The van der Waals surface area contributed by atoms with Gasteiger partial charge in [-0.05, 0) is 37.0 Å². The topological polar surface area (TPSA) is 62.2 Å². The van der Waals surface area contributed by atoms with Crippen LogP contribution in [0.2, 0.25) is 0 Å². The molecular weight excluding hydrogens is 236 g/mol. The zero-order valence-electron chi connectivity index (χ0n) is 9.98. The van der Waals surface area contributed by atoms with E-state index in [-0.39, 0.29) is 5.56 Å². The summed E-state index contributed by atoms with van der Waals surface area (Å²) < 4.78 is 0. The summed E-state index contributed by atoms with van der Waals surface area (Å²) >= 11 is 1.85. The Hall–Kier alpha value is -1.23. The highest BCUT2D eigenvalue weighted by Gasteiger charge is 2.09. The number of hydrogen-bond donors (Lipinski definition) is 2. The summed E-state index contributed by atoms with van der Waals surface area (Å²) in [5.41, 5.74) is 0.233. The van der Waals surface area contributed by atoms with Gasteiger partial charge in [0.05, 0.1) is 0 Å². The summed E-state index contributed by atoms with van der Waals surface area (Å²) in [6.07, 6.45) is 7.10. The number of thioether (sulfide) groups is 1. The van der Waals surface area contributed by atoms with Crippen LogP contribution in [0.4, 0.5) is 5.82 Å². The van der Waals surface area contributed by atoms with Crippen molar-refractivity contribution in [3.8, 4) is 0 Å². The van der Waals surface area contributed by atoms with Gasteiger partial charge in [-0.15, -0.1) is 0 Å². The Morgan fingerprint density at radius 2 is 2.29 bits per heavy atom. The quantitative estimate of drug-likeness (QED) is 0.698. The van der Waals surface area contributed by atoms with Gasteiger partial charge in [-0.3, -0.25) is 0 Å². The monoisotopic (exact) mass is 254 g/mol. The Balaban J connectivity index is 2.34. The summed E-state index contributed by atoms with van der Waals surface area (Å²) in [5, 5.41) is 12.0. The van der Waals surface area contributed by atoms with Crippen LogP contribution in [-0.2, 0) is 0 Å². The first-order chi connectivity index (χ1) is 8.25. The second kappa shape index (κ2) is 7.95. The molecule has 0 aliphatic rings. The Morgan fingerprint density at radius 1 is 1.47 bits per heavy atom. The Bertz CT molecular complexity index is 358. The van der Waals surface area contributed by atoms with Crippen molar-refractivity contribution in [1.29, 1.82) is 0 Å². The molecule has 94 valence electrons. The Labute approximate surface area is 106 Å². The van der Waals surface area contributed by atoms with Gasteiger partial charge in [0.25, 0.3) is 0 Å². The smallest absolute Gasteiger partial charge is 0.339 e. The lowest BCUT2D eigenvalue weighted by atomic mass is 10.2. The van der Waals surface area contributed by atoms with E-state index in [4.69, 9.17) is 5.11 Å². The molecule has 0 saturated heterocycles. The minimum absolute atomic E-state index is 0.233. The number of carboxylic acid groups (broad SMARTS) is 1. The molecule has 0 atom stereocenters. The minimum Gasteiger partial charge on any atom is -0.478 e. The average molecular weight is 254 g/mol. The van der Waals surface area contributed by atoms with E-state index >= 15 is 0 Å². The molecule has 0 aromatic carbocycles. The van der Waals surface area contributed by atoms with Crippen molar-refractivity contribution in [1.82, 2.24) is 4.98 Å². The third kappa shape index (κ3) is 5.08. The number of hydrogen-bond acceptors (Lipinski definition) is 4. The van der Waals surface area contributed by atoms with Gasteiger partial charge < -0.3 is 10.4 Å². The molecule has 1 heterocycles. The third-order valence-corrected chi connectivity index (χ3v) is 3.05. The molecule has 1 aromatic rings. The number of nitrogens with one attached hydrogen (secondary N) is 1. The third-order valence-electron chi connectivity index (χ3n) is 2.36. The van der Waals surface area contributed by atoms with Crippen LogP contribution in [0.5, 0.6) is 0 Å². The zero-order valence-corrected chi connectivity index (χ0v) is 10.8. The number of aromatic carboxylic acids is 1. The summed E-state index contributed by atoms with van der Waals surface area (Å²) in [6.45, 7) is 0.770. The van der Waals surface area contributed by atoms with Gasteiger partial charge in [0.15, 0.2) is 0 Å². The fourth-order valence-electron chi connectivity index (χ4n) is 1.47. The molecule has 0 amide bonds. The second-order valence-electron chi connectivity index (χ2n) is 3.68. The van der Waals surface area contributed by atoms with Crippen molar-refractivity contribution in [2.75, 3.05) is 23.9 Å². The Kier molecular flexibility index (Phi) is 6.47. The van der Waals surface area contributed by atoms with Crippen molar-refractivity contribution in [3.63, 3.8) is 0 Å². The van der Waals surface area contributed by atoms with E-state index < -0.39 is 5.97 Å². The van der Waals surface area contributed by atoms with Crippen molar-refractivity contribution >= 4 is 23.5 Å². The number of pyridine rings is 1. The van der Waals surface area contributed by atoms with Crippen molar-refractivity contribution < 1.29 is 9.90 Å². The van der Waals surface area contributed by atoms with Crippen LogP contribution < -0.4 is 5.32 Å². The van der Waals surface area contributed by atoms with Crippen molar-refractivity contribution in [2.24, 2.45) is 0 Å². The van der Waals surface area contributed by atoms with Crippen LogP contribution in [-0.4, -0.2) is 34.6 Å². The number of carbonyl (C=O) groups is 1. The maximum Gasteiger partial charge on any atom is 0.339 e. The highest BCUT2D eigenvalue weighted by atomic mass is 32.2. The average Bonchev–Trinajstić information content (AvgIpc) is 2.34. The first kappa shape index (κ1) is 13.8. The van der Waals surface area contributed by atoms with Gasteiger partial charge >= 0.3 is 5.97 Å². The number of unbranched alkanes of at least 4 members (excludes halogenated alkanes) is 2. The first-order valence-corrected chi connectivity index (χ1v) is 7.06. The molecule has 2 N–H and O–H groups in total. The van der Waals surface area contributed by atoms with Crippen molar-refractivity contribution in [3.05, 3.63) is 23.9 Å². The number of rotatable bonds is 8.